The second-order valence-corrected chi connectivity index (χ2v) is 4.19. The van der Waals surface area contributed by atoms with E-state index in [4.69, 9.17) is 15.3 Å². The maximum Gasteiger partial charge on any atom is 0.420 e. The maximum absolute atomic E-state index is 12.9. The molecule has 0 saturated heterocycles. The Labute approximate surface area is 120 Å². The largest absolute Gasteiger partial charge is 0.495 e. The van der Waals surface area contributed by atoms with Gasteiger partial charge < -0.3 is 4.74 Å². The first-order valence-corrected chi connectivity index (χ1v) is 5.71. The van der Waals surface area contributed by atoms with Crippen molar-refractivity contribution >= 4 is 27.3 Å². The number of alkyl halides is 3. The number of nitriles is 2. The summed E-state index contributed by atoms with van der Waals surface area (Å²) in [6.07, 6.45) is -4.62. The Morgan fingerprint density at radius 3 is 2.40 bits per heavy atom. The second-order valence-electron chi connectivity index (χ2n) is 3.33. The number of halogens is 4. The van der Waals surface area contributed by atoms with Crippen molar-refractivity contribution < 1.29 is 17.9 Å². The summed E-state index contributed by atoms with van der Waals surface area (Å²) >= 11 is 2.95. The van der Waals surface area contributed by atoms with E-state index in [2.05, 4.69) is 26.5 Å². The van der Waals surface area contributed by atoms with E-state index >= 15 is 0 Å². The van der Waals surface area contributed by atoms with Gasteiger partial charge in [0.25, 0.3) is 0 Å². The third-order valence-corrected chi connectivity index (χ3v) is 2.65. The van der Waals surface area contributed by atoms with Gasteiger partial charge in [-0.05, 0) is 28.1 Å². The van der Waals surface area contributed by atoms with Crippen LogP contribution < -0.4 is 10.2 Å². The number of benzene rings is 1. The van der Waals surface area contributed by atoms with Crippen LogP contribution in [0.1, 0.15) is 5.56 Å². The molecule has 1 N–H and O–H groups in total. The molecule has 104 valence electrons. The summed E-state index contributed by atoms with van der Waals surface area (Å²) in [5.41, 5.74) is 0.640. The first-order valence-electron chi connectivity index (χ1n) is 4.92. The monoisotopic (exact) mass is 346 g/mol. The highest BCUT2D eigenvalue weighted by Crippen LogP contribution is 2.42. The van der Waals surface area contributed by atoms with Crippen LogP contribution in [0.25, 0.3) is 0 Å². The molecule has 0 aliphatic heterocycles. The molecule has 0 unspecified atom stereocenters. The van der Waals surface area contributed by atoms with Crippen LogP contribution in [-0.4, -0.2) is 12.8 Å². The van der Waals surface area contributed by atoms with E-state index in [1.165, 1.54) is 18.2 Å². The van der Waals surface area contributed by atoms with Gasteiger partial charge in [-0.1, -0.05) is 0 Å². The molecule has 1 aromatic rings. The lowest BCUT2D eigenvalue weighted by Gasteiger charge is -2.15. The van der Waals surface area contributed by atoms with Gasteiger partial charge in [-0.25, -0.2) is 0 Å². The Morgan fingerprint density at radius 2 is 1.95 bits per heavy atom. The SMILES string of the molecule is COc1c(Br)cc(NN=C(C#N)C#N)cc1C(F)(F)F. The van der Waals surface area contributed by atoms with Gasteiger partial charge in [0.05, 0.1) is 17.3 Å². The van der Waals surface area contributed by atoms with E-state index in [-0.39, 0.29) is 15.9 Å². The molecule has 0 amide bonds. The first-order chi connectivity index (χ1) is 9.33. The molecule has 0 aliphatic carbocycles. The van der Waals surface area contributed by atoms with Crippen molar-refractivity contribution in [3.05, 3.63) is 22.2 Å². The minimum Gasteiger partial charge on any atom is -0.495 e. The zero-order chi connectivity index (χ0) is 15.3. The summed E-state index contributed by atoms with van der Waals surface area (Å²) in [4.78, 5) is 0. The lowest BCUT2D eigenvalue weighted by atomic mass is 10.1. The minimum absolute atomic E-state index is 0.0481. The molecule has 0 atom stereocenters. The normalized spacial score (nSPS) is 10.2. The van der Waals surface area contributed by atoms with Gasteiger partial charge in [-0.3, -0.25) is 5.43 Å². The highest BCUT2D eigenvalue weighted by molar-refractivity contribution is 9.10. The van der Waals surface area contributed by atoms with E-state index in [9.17, 15) is 13.2 Å². The number of rotatable bonds is 3. The number of anilines is 1. The smallest absolute Gasteiger partial charge is 0.420 e. The Morgan fingerprint density at radius 1 is 1.35 bits per heavy atom. The average molecular weight is 347 g/mol. The molecule has 0 aromatic heterocycles. The lowest BCUT2D eigenvalue weighted by Crippen LogP contribution is -2.09. The number of hydrogen-bond donors (Lipinski definition) is 1. The quantitative estimate of drug-likeness (QED) is 0.672. The minimum atomic E-state index is -4.62. The van der Waals surface area contributed by atoms with Crippen molar-refractivity contribution in [1.29, 1.82) is 10.5 Å². The van der Waals surface area contributed by atoms with Gasteiger partial charge in [0.1, 0.15) is 23.5 Å². The Balaban J connectivity index is 3.27. The van der Waals surface area contributed by atoms with Crippen molar-refractivity contribution in [2.24, 2.45) is 5.10 Å². The summed E-state index contributed by atoms with van der Waals surface area (Å²) in [5, 5.41) is 20.3. The average Bonchev–Trinajstić information content (AvgIpc) is 2.38. The molecule has 0 radical (unpaired) electrons. The fourth-order valence-corrected chi connectivity index (χ4v) is 1.89. The summed E-state index contributed by atoms with van der Waals surface area (Å²) in [6, 6.07) is 4.99. The summed E-state index contributed by atoms with van der Waals surface area (Å²) in [6.45, 7) is 0. The van der Waals surface area contributed by atoms with Crippen LogP contribution in [0.15, 0.2) is 21.7 Å². The van der Waals surface area contributed by atoms with E-state index < -0.39 is 17.5 Å². The Kier molecular flexibility index (Phi) is 4.94. The van der Waals surface area contributed by atoms with Gasteiger partial charge >= 0.3 is 6.18 Å². The topological polar surface area (TPSA) is 81.2 Å². The van der Waals surface area contributed by atoms with E-state index in [1.807, 2.05) is 0 Å². The number of methoxy groups -OCH3 is 1. The number of hydrogen-bond acceptors (Lipinski definition) is 5. The second kappa shape index (κ2) is 6.26. The fraction of sp³-hybridized carbons (Fsp3) is 0.182. The molecule has 20 heavy (non-hydrogen) atoms. The Hall–Kier alpha value is -2.26. The van der Waals surface area contributed by atoms with Crippen molar-refractivity contribution in [2.45, 2.75) is 6.18 Å². The van der Waals surface area contributed by atoms with Gasteiger partial charge in [0, 0.05) is 0 Å². The van der Waals surface area contributed by atoms with Crippen LogP contribution in [0.3, 0.4) is 0 Å². The van der Waals surface area contributed by atoms with E-state index in [1.54, 1.807) is 0 Å². The Bertz CT molecular complexity index is 612. The van der Waals surface area contributed by atoms with E-state index in [0.717, 1.165) is 13.2 Å². The predicted molar refractivity (Wildman–Crippen MR) is 68.0 cm³/mol. The molecule has 0 fully saturated rings. The van der Waals surface area contributed by atoms with Gasteiger partial charge in [-0.15, -0.1) is 0 Å². The number of hydrazone groups is 1. The van der Waals surface area contributed by atoms with Gasteiger partial charge in [0.2, 0.25) is 5.71 Å². The molecule has 1 rings (SSSR count). The molecule has 0 spiro atoms. The molecular weight excluding hydrogens is 341 g/mol. The molecule has 0 bridgehead atoms. The maximum atomic E-state index is 12.9. The van der Waals surface area contributed by atoms with Crippen molar-refractivity contribution in [2.75, 3.05) is 12.5 Å². The third-order valence-electron chi connectivity index (χ3n) is 2.06. The van der Waals surface area contributed by atoms with Crippen LogP contribution in [0.2, 0.25) is 0 Å². The molecule has 1 aromatic carbocycles. The fourth-order valence-electron chi connectivity index (χ4n) is 1.27. The zero-order valence-electron chi connectivity index (χ0n) is 9.92. The number of nitrogens with zero attached hydrogens (tertiary/aromatic N) is 3. The molecule has 0 heterocycles. The first kappa shape index (κ1) is 15.8. The molecule has 0 aliphatic rings. The van der Waals surface area contributed by atoms with Gasteiger partial charge in [-0.2, -0.15) is 28.8 Å². The lowest BCUT2D eigenvalue weighted by molar-refractivity contribution is -0.138. The van der Waals surface area contributed by atoms with Crippen molar-refractivity contribution in [1.82, 2.24) is 0 Å². The standard InChI is InChI=1S/C11H6BrF3N4O/c1-20-10-8(11(13,14)15)2-6(3-9(10)12)18-19-7(4-16)5-17/h2-3,18H,1H3. The zero-order valence-corrected chi connectivity index (χ0v) is 11.5. The molecule has 9 heteroatoms. The van der Waals surface area contributed by atoms with Gasteiger partial charge in [0.15, 0.2) is 0 Å². The molecular formula is C11H6BrF3N4O. The molecule has 0 saturated carbocycles. The molecule has 5 nitrogen and oxygen atoms in total. The van der Waals surface area contributed by atoms with Crippen molar-refractivity contribution in [3.63, 3.8) is 0 Å². The van der Waals surface area contributed by atoms with Crippen LogP contribution in [0.5, 0.6) is 5.75 Å². The highest BCUT2D eigenvalue weighted by atomic mass is 79.9. The summed E-state index contributed by atoms with van der Waals surface area (Å²) in [5.74, 6) is -0.368. The third kappa shape index (κ3) is 3.62. The van der Waals surface area contributed by atoms with Crippen LogP contribution in [0, 0.1) is 22.7 Å². The van der Waals surface area contributed by atoms with E-state index in [0.29, 0.717) is 0 Å². The number of nitrogens with one attached hydrogen (secondary N) is 1. The van der Waals surface area contributed by atoms with Crippen LogP contribution >= 0.6 is 15.9 Å². The summed E-state index contributed by atoms with van der Waals surface area (Å²) < 4.78 is 43.3. The number of ether oxygens (including phenoxy) is 1. The van der Waals surface area contributed by atoms with Crippen molar-refractivity contribution in [3.8, 4) is 17.9 Å². The highest BCUT2D eigenvalue weighted by Gasteiger charge is 2.35. The van der Waals surface area contributed by atoms with Crippen LogP contribution in [0.4, 0.5) is 18.9 Å². The van der Waals surface area contributed by atoms with Crippen LogP contribution in [-0.2, 0) is 6.18 Å². The predicted octanol–water partition coefficient (Wildman–Crippen LogP) is 3.29. The summed E-state index contributed by atoms with van der Waals surface area (Å²) in [7, 11) is 1.12.